The molecule has 0 aromatic heterocycles. The summed E-state index contributed by atoms with van der Waals surface area (Å²) < 4.78 is 33.0. The van der Waals surface area contributed by atoms with Crippen molar-refractivity contribution in [3.05, 3.63) is 29.3 Å². The van der Waals surface area contributed by atoms with Gasteiger partial charge in [-0.3, -0.25) is 4.79 Å². The summed E-state index contributed by atoms with van der Waals surface area (Å²) in [4.78, 5) is 13.0. The van der Waals surface area contributed by atoms with Gasteiger partial charge < -0.3 is 9.64 Å². The Hall–Kier alpha value is -1.65. The van der Waals surface area contributed by atoms with E-state index in [4.69, 9.17) is 4.74 Å². The number of hydrogen-bond donors (Lipinski definition) is 0. The van der Waals surface area contributed by atoms with Crippen LogP contribution >= 0.6 is 0 Å². The molecule has 0 saturated carbocycles. The largest absolute Gasteiger partial charge is 0.493 e. The summed E-state index contributed by atoms with van der Waals surface area (Å²) >= 11 is 0. The van der Waals surface area contributed by atoms with Gasteiger partial charge in [0.1, 0.15) is 17.4 Å². The number of carbonyl (C=O) groups excluding carboxylic acids is 1. The molecule has 1 rings (SSSR count). The lowest BCUT2D eigenvalue weighted by atomic mass is 9.81. The summed E-state index contributed by atoms with van der Waals surface area (Å²) in [6.07, 6.45) is 0.847. The minimum atomic E-state index is -0.683. The second-order valence-electron chi connectivity index (χ2n) is 5.88. The first-order valence-corrected chi connectivity index (χ1v) is 7.01. The molecule has 5 heteroatoms. The van der Waals surface area contributed by atoms with Crippen LogP contribution in [0.5, 0.6) is 5.75 Å². The molecule has 21 heavy (non-hydrogen) atoms. The summed E-state index contributed by atoms with van der Waals surface area (Å²) in [7, 11) is 3.30. The highest BCUT2D eigenvalue weighted by Crippen LogP contribution is 2.37. The number of hydrogen-bond acceptors (Lipinski definition) is 2. The Bertz CT molecular complexity index is 513. The Kier molecular flexibility index (Phi) is 5.70. The molecule has 0 aliphatic carbocycles. The van der Waals surface area contributed by atoms with Crippen LogP contribution in [-0.4, -0.2) is 31.5 Å². The molecule has 0 aliphatic rings. The van der Waals surface area contributed by atoms with E-state index in [-0.39, 0.29) is 24.7 Å². The zero-order chi connectivity index (χ0) is 16.2. The highest BCUT2D eigenvalue weighted by Gasteiger charge is 2.27. The molecular formula is C16H23F2NO2. The quantitative estimate of drug-likeness (QED) is 0.804. The first-order chi connectivity index (χ1) is 9.69. The maximum atomic E-state index is 14.1. The number of nitrogens with zero attached hydrogens (tertiary/aromatic N) is 1. The van der Waals surface area contributed by atoms with Crippen LogP contribution in [0.4, 0.5) is 8.78 Å². The molecule has 1 aromatic rings. The van der Waals surface area contributed by atoms with Crippen molar-refractivity contribution in [3.63, 3.8) is 0 Å². The normalized spacial score (nSPS) is 11.4. The minimum absolute atomic E-state index is 0.0900. The summed E-state index contributed by atoms with van der Waals surface area (Å²) in [5, 5.41) is 0. The van der Waals surface area contributed by atoms with Crippen molar-refractivity contribution in [2.24, 2.45) is 0 Å². The van der Waals surface area contributed by atoms with Crippen LogP contribution in [0, 0.1) is 11.6 Å². The highest BCUT2D eigenvalue weighted by atomic mass is 19.1. The number of ether oxygens (including phenoxy) is 1. The van der Waals surface area contributed by atoms with Gasteiger partial charge in [-0.15, -0.1) is 0 Å². The predicted molar refractivity (Wildman–Crippen MR) is 78.5 cm³/mol. The van der Waals surface area contributed by atoms with E-state index in [9.17, 15) is 13.6 Å². The van der Waals surface area contributed by atoms with E-state index in [1.807, 2.05) is 20.8 Å². The van der Waals surface area contributed by atoms with Gasteiger partial charge in [0.15, 0.2) is 0 Å². The van der Waals surface area contributed by atoms with Gasteiger partial charge in [0.25, 0.3) is 0 Å². The molecule has 0 spiro atoms. The van der Waals surface area contributed by atoms with Crippen molar-refractivity contribution in [1.29, 1.82) is 0 Å². The van der Waals surface area contributed by atoms with Crippen LogP contribution in [0.15, 0.2) is 12.1 Å². The van der Waals surface area contributed by atoms with Crippen molar-refractivity contribution < 1.29 is 18.3 Å². The van der Waals surface area contributed by atoms with Gasteiger partial charge in [0, 0.05) is 31.8 Å². The Morgan fingerprint density at radius 2 is 1.90 bits per heavy atom. The van der Waals surface area contributed by atoms with Crippen LogP contribution in [-0.2, 0) is 10.2 Å². The topological polar surface area (TPSA) is 29.5 Å². The van der Waals surface area contributed by atoms with Crippen molar-refractivity contribution in [2.75, 3.05) is 20.7 Å². The standard InChI is InChI=1S/C16H23F2NO2/c1-6-16(2,3)15-12(18)9-11(17)10-13(15)21-8-7-14(20)19(4)5/h9-10H,6-8H2,1-5H3. The molecule has 3 nitrogen and oxygen atoms in total. The Morgan fingerprint density at radius 1 is 1.29 bits per heavy atom. The summed E-state index contributed by atoms with van der Waals surface area (Å²) in [5.41, 5.74) is -0.123. The molecule has 0 heterocycles. The Balaban J connectivity index is 2.98. The second-order valence-corrected chi connectivity index (χ2v) is 5.88. The number of amides is 1. The lowest BCUT2D eigenvalue weighted by Crippen LogP contribution is -2.24. The maximum absolute atomic E-state index is 14.1. The maximum Gasteiger partial charge on any atom is 0.225 e. The number of halogens is 2. The fraction of sp³-hybridized carbons (Fsp3) is 0.562. The van der Waals surface area contributed by atoms with Crippen LogP contribution in [0.2, 0.25) is 0 Å². The van der Waals surface area contributed by atoms with E-state index in [1.54, 1.807) is 14.1 Å². The van der Waals surface area contributed by atoms with E-state index in [2.05, 4.69) is 0 Å². The molecule has 1 amide bonds. The average molecular weight is 299 g/mol. The fourth-order valence-electron chi connectivity index (χ4n) is 1.97. The Labute approximate surface area is 124 Å². The summed E-state index contributed by atoms with van der Waals surface area (Å²) in [6.45, 7) is 5.77. The molecular weight excluding hydrogens is 276 g/mol. The van der Waals surface area contributed by atoms with E-state index < -0.39 is 17.0 Å². The fourth-order valence-corrected chi connectivity index (χ4v) is 1.97. The third-order valence-electron chi connectivity index (χ3n) is 3.65. The number of rotatable bonds is 6. The van der Waals surface area contributed by atoms with Gasteiger partial charge in [-0.2, -0.15) is 0 Å². The molecule has 0 fully saturated rings. The van der Waals surface area contributed by atoms with Gasteiger partial charge in [-0.05, 0) is 11.8 Å². The molecule has 0 saturated heterocycles. The molecule has 0 atom stereocenters. The monoisotopic (exact) mass is 299 g/mol. The third kappa shape index (κ3) is 4.41. The molecule has 0 bridgehead atoms. The van der Waals surface area contributed by atoms with Gasteiger partial charge in [0.05, 0.1) is 13.0 Å². The third-order valence-corrected chi connectivity index (χ3v) is 3.65. The summed E-state index contributed by atoms with van der Waals surface area (Å²) in [5.74, 6) is -1.22. The van der Waals surface area contributed by atoms with E-state index >= 15 is 0 Å². The van der Waals surface area contributed by atoms with Crippen LogP contribution in [0.25, 0.3) is 0 Å². The van der Waals surface area contributed by atoms with E-state index in [0.29, 0.717) is 12.0 Å². The molecule has 0 radical (unpaired) electrons. The van der Waals surface area contributed by atoms with Crippen molar-refractivity contribution in [3.8, 4) is 5.75 Å². The first-order valence-electron chi connectivity index (χ1n) is 7.01. The molecule has 0 unspecified atom stereocenters. The molecule has 1 aromatic carbocycles. The molecule has 0 aliphatic heterocycles. The van der Waals surface area contributed by atoms with Crippen molar-refractivity contribution >= 4 is 5.91 Å². The lowest BCUT2D eigenvalue weighted by molar-refractivity contribution is -0.129. The van der Waals surface area contributed by atoms with Gasteiger partial charge >= 0.3 is 0 Å². The lowest BCUT2D eigenvalue weighted by Gasteiger charge is -2.26. The smallest absolute Gasteiger partial charge is 0.225 e. The van der Waals surface area contributed by atoms with Crippen molar-refractivity contribution in [2.45, 2.75) is 39.0 Å². The van der Waals surface area contributed by atoms with Crippen LogP contribution in [0.3, 0.4) is 0 Å². The SMILES string of the molecule is CCC(C)(C)c1c(F)cc(F)cc1OCCC(=O)N(C)C. The molecule has 0 N–H and O–H groups in total. The van der Waals surface area contributed by atoms with Crippen LogP contribution < -0.4 is 4.74 Å². The predicted octanol–water partition coefficient (Wildman–Crippen LogP) is 3.51. The van der Waals surface area contributed by atoms with Gasteiger partial charge in [-0.1, -0.05) is 20.8 Å². The van der Waals surface area contributed by atoms with Crippen LogP contribution in [0.1, 0.15) is 39.2 Å². The minimum Gasteiger partial charge on any atom is -0.493 e. The van der Waals surface area contributed by atoms with Crippen molar-refractivity contribution in [1.82, 2.24) is 4.90 Å². The van der Waals surface area contributed by atoms with E-state index in [1.165, 1.54) is 11.0 Å². The van der Waals surface area contributed by atoms with E-state index in [0.717, 1.165) is 6.07 Å². The molecule has 118 valence electrons. The number of carbonyl (C=O) groups is 1. The Morgan fingerprint density at radius 3 is 2.43 bits per heavy atom. The average Bonchev–Trinajstić information content (AvgIpc) is 2.37. The highest BCUT2D eigenvalue weighted by molar-refractivity contribution is 5.75. The summed E-state index contributed by atoms with van der Waals surface area (Å²) in [6, 6.07) is 2.04. The van der Waals surface area contributed by atoms with Gasteiger partial charge in [-0.25, -0.2) is 8.78 Å². The second kappa shape index (κ2) is 6.87. The zero-order valence-electron chi connectivity index (χ0n) is 13.3. The first kappa shape index (κ1) is 17.4. The number of benzene rings is 1. The van der Waals surface area contributed by atoms with Gasteiger partial charge in [0.2, 0.25) is 5.91 Å². The zero-order valence-corrected chi connectivity index (χ0v) is 13.3.